The van der Waals surface area contributed by atoms with Crippen molar-refractivity contribution in [2.24, 2.45) is 0 Å². The second-order valence-corrected chi connectivity index (χ2v) is 4.77. The number of carboxylic acid groups (broad SMARTS) is 1. The third-order valence-corrected chi connectivity index (χ3v) is 2.89. The topological polar surface area (TPSA) is 92.7 Å². The van der Waals surface area contributed by atoms with E-state index in [0.717, 1.165) is 18.2 Å². The molecule has 1 rings (SSSR count). The zero-order valence-electron chi connectivity index (χ0n) is 12.9. The molecule has 1 aromatic rings. The molecule has 1 aromatic carbocycles. The van der Waals surface area contributed by atoms with Gasteiger partial charge in [0.25, 0.3) is 0 Å². The number of carbonyl (C=O) groups excluding carboxylic acids is 2. The van der Waals surface area contributed by atoms with Crippen molar-refractivity contribution in [3.63, 3.8) is 0 Å². The molecule has 2 N–H and O–H groups in total. The number of rotatable bonds is 8. The van der Waals surface area contributed by atoms with E-state index in [1.54, 1.807) is 6.92 Å². The molecule has 0 radical (unpaired) electrons. The van der Waals surface area contributed by atoms with Crippen LogP contribution in [0.1, 0.15) is 18.9 Å². The normalized spacial score (nSPS) is 12.0. The summed E-state index contributed by atoms with van der Waals surface area (Å²) < 4.78 is 30.5. The van der Waals surface area contributed by atoms with E-state index in [2.05, 4.69) is 10.1 Å². The Hall–Kier alpha value is -2.77. The van der Waals surface area contributed by atoms with Crippen molar-refractivity contribution >= 4 is 17.8 Å². The SMILES string of the molecule is CCOC(=O)/C=C/C[C@H](NC(=O)Cc1ccc(F)c(F)c1)C(=O)O. The number of nitrogens with one attached hydrogen (secondary N) is 1. The van der Waals surface area contributed by atoms with Gasteiger partial charge < -0.3 is 15.2 Å². The van der Waals surface area contributed by atoms with E-state index < -0.39 is 35.5 Å². The molecule has 6 nitrogen and oxygen atoms in total. The van der Waals surface area contributed by atoms with Crippen LogP contribution in [0.3, 0.4) is 0 Å². The number of hydrogen-bond donors (Lipinski definition) is 2. The summed E-state index contributed by atoms with van der Waals surface area (Å²) in [7, 11) is 0. The standard InChI is InChI=1S/C16H17F2NO5/c1-2-24-15(21)5-3-4-13(16(22)23)19-14(20)9-10-6-7-11(17)12(18)8-10/h3,5-8,13H,2,4,9H2,1H3,(H,19,20)(H,22,23)/b5-3+/t13-/m0/s1. The van der Waals surface area contributed by atoms with Gasteiger partial charge in [-0.15, -0.1) is 0 Å². The van der Waals surface area contributed by atoms with Gasteiger partial charge in [0.15, 0.2) is 11.6 Å². The van der Waals surface area contributed by atoms with Crippen molar-refractivity contribution in [2.45, 2.75) is 25.8 Å². The van der Waals surface area contributed by atoms with Crippen LogP contribution in [0.15, 0.2) is 30.4 Å². The lowest BCUT2D eigenvalue weighted by molar-refractivity contribution is -0.141. The van der Waals surface area contributed by atoms with Gasteiger partial charge in [-0.3, -0.25) is 4.79 Å². The monoisotopic (exact) mass is 341 g/mol. The fourth-order valence-corrected chi connectivity index (χ4v) is 1.79. The van der Waals surface area contributed by atoms with Gasteiger partial charge in [-0.05, 0) is 31.0 Å². The summed E-state index contributed by atoms with van der Waals surface area (Å²) in [5, 5.41) is 11.3. The minimum atomic E-state index is -1.29. The predicted molar refractivity (Wildman–Crippen MR) is 80.0 cm³/mol. The number of carbonyl (C=O) groups is 3. The summed E-state index contributed by atoms with van der Waals surface area (Å²) >= 11 is 0. The number of esters is 1. The lowest BCUT2D eigenvalue weighted by Crippen LogP contribution is -2.41. The number of hydrogen-bond acceptors (Lipinski definition) is 4. The van der Waals surface area contributed by atoms with Crippen molar-refractivity contribution in [1.29, 1.82) is 0 Å². The van der Waals surface area contributed by atoms with Crippen LogP contribution in [0.4, 0.5) is 8.78 Å². The van der Waals surface area contributed by atoms with Crippen LogP contribution < -0.4 is 5.32 Å². The van der Waals surface area contributed by atoms with Gasteiger partial charge in [0.05, 0.1) is 13.0 Å². The number of amides is 1. The Morgan fingerprint density at radius 3 is 2.58 bits per heavy atom. The molecule has 1 amide bonds. The number of benzene rings is 1. The zero-order valence-corrected chi connectivity index (χ0v) is 12.9. The number of aliphatic carboxylic acids is 1. The quantitative estimate of drug-likeness (QED) is 0.553. The molecule has 1 atom stereocenters. The van der Waals surface area contributed by atoms with Crippen molar-refractivity contribution in [2.75, 3.05) is 6.61 Å². The Labute approximate surface area is 137 Å². The van der Waals surface area contributed by atoms with Crippen LogP contribution >= 0.6 is 0 Å². The first kappa shape index (κ1) is 19.3. The molecular weight excluding hydrogens is 324 g/mol. The molecule has 0 aromatic heterocycles. The minimum absolute atomic E-state index is 0.127. The highest BCUT2D eigenvalue weighted by molar-refractivity contribution is 5.85. The van der Waals surface area contributed by atoms with Crippen LogP contribution in [-0.4, -0.2) is 35.6 Å². The molecule has 0 saturated heterocycles. The lowest BCUT2D eigenvalue weighted by atomic mass is 10.1. The maximum atomic E-state index is 13.1. The second kappa shape index (κ2) is 9.39. The Balaban J connectivity index is 2.60. The molecular formula is C16H17F2NO5. The lowest BCUT2D eigenvalue weighted by Gasteiger charge is -2.12. The highest BCUT2D eigenvalue weighted by atomic mass is 19.2. The van der Waals surface area contributed by atoms with Gasteiger partial charge in [0, 0.05) is 6.08 Å². The maximum absolute atomic E-state index is 13.1. The third-order valence-electron chi connectivity index (χ3n) is 2.89. The van der Waals surface area contributed by atoms with Gasteiger partial charge in [-0.2, -0.15) is 0 Å². The fraction of sp³-hybridized carbons (Fsp3) is 0.312. The van der Waals surface area contributed by atoms with E-state index in [1.165, 1.54) is 12.1 Å². The van der Waals surface area contributed by atoms with Gasteiger partial charge in [-0.1, -0.05) is 12.1 Å². The summed E-state index contributed by atoms with van der Waals surface area (Å²) in [6.07, 6.45) is 1.91. The molecule has 0 aliphatic carbocycles. The van der Waals surface area contributed by atoms with Crippen LogP contribution in [0.2, 0.25) is 0 Å². The first-order valence-corrected chi connectivity index (χ1v) is 7.12. The maximum Gasteiger partial charge on any atom is 0.330 e. The molecule has 24 heavy (non-hydrogen) atoms. The van der Waals surface area contributed by atoms with Gasteiger partial charge in [0.1, 0.15) is 6.04 Å². The molecule has 0 fully saturated rings. The first-order chi connectivity index (χ1) is 11.3. The van der Waals surface area contributed by atoms with E-state index in [1.807, 2.05) is 0 Å². The van der Waals surface area contributed by atoms with E-state index in [9.17, 15) is 23.2 Å². The Kier molecular flexibility index (Phi) is 7.54. The average molecular weight is 341 g/mol. The minimum Gasteiger partial charge on any atom is -0.480 e. The summed E-state index contributed by atoms with van der Waals surface area (Å²) in [5.74, 6) is -4.70. The first-order valence-electron chi connectivity index (χ1n) is 7.12. The van der Waals surface area contributed by atoms with Crippen molar-refractivity contribution in [3.8, 4) is 0 Å². The number of carboxylic acids is 1. The van der Waals surface area contributed by atoms with E-state index in [4.69, 9.17) is 5.11 Å². The van der Waals surface area contributed by atoms with Crippen molar-refractivity contribution in [3.05, 3.63) is 47.5 Å². The van der Waals surface area contributed by atoms with Crippen molar-refractivity contribution < 1.29 is 33.0 Å². The molecule has 0 aliphatic heterocycles. The Morgan fingerprint density at radius 2 is 2.00 bits per heavy atom. The molecule has 0 heterocycles. The molecule has 0 saturated carbocycles. The average Bonchev–Trinajstić information content (AvgIpc) is 2.50. The van der Waals surface area contributed by atoms with Gasteiger partial charge in [0.2, 0.25) is 5.91 Å². The zero-order chi connectivity index (χ0) is 18.1. The Bertz CT molecular complexity index is 645. The second-order valence-electron chi connectivity index (χ2n) is 4.77. The van der Waals surface area contributed by atoms with Gasteiger partial charge in [-0.25, -0.2) is 18.4 Å². The van der Waals surface area contributed by atoms with Crippen LogP contribution in [0, 0.1) is 11.6 Å². The van der Waals surface area contributed by atoms with Gasteiger partial charge >= 0.3 is 11.9 Å². The number of ether oxygens (including phenoxy) is 1. The Morgan fingerprint density at radius 1 is 1.29 bits per heavy atom. The highest BCUT2D eigenvalue weighted by Crippen LogP contribution is 2.09. The smallest absolute Gasteiger partial charge is 0.330 e. The largest absolute Gasteiger partial charge is 0.480 e. The van der Waals surface area contributed by atoms with Crippen LogP contribution in [-0.2, 0) is 25.5 Å². The van der Waals surface area contributed by atoms with E-state index in [0.29, 0.717) is 0 Å². The molecule has 8 heteroatoms. The summed E-state index contributed by atoms with van der Waals surface area (Å²) in [4.78, 5) is 34.0. The fourth-order valence-electron chi connectivity index (χ4n) is 1.79. The van der Waals surface area contributed by atoms with Crippen LogP contribution in [0.5, 0.6) is 0 Å². The highest BCUT2D eigenvalue weighted by Gasteiger charge is 2.19. The number of halogens is 2. The van der Waals surface area contributed by atoms with E-state index in [-0.39, 0.29) is 25.0 Å². The molecule has 0 spiro atoms. The molecule has 0 bridgehead atoms. The summed E-state index contributed by atoms with van der Waals surface area (Å²) in [6, 6.07) is 1.72. The molecule has 0 unspecified atom stereocenters. The predicted octanol–water partition coefficient (Wildman–Crippen LogP) is 1.59. The third kappa shape index (κ3) is 6.55. The summed E-state index contributed by atoms with van der Waals surface area (Å²) in [6.45, 7) is 1.82. The van der Waals surface area contributed by atoms with Crippen LogP contribution in [0.25, 0.3) is 0 Å². The van der Waals surface area contributed by atoms with Crippen molar-refractivity contribution in [1.82, 2.24) is 5.32 Å². The molecule has 130 valence electrons. The molecule has 0 aliphatic rings. The van der Waals surface area contributed by atoms with E-state index >= 15 is 0 Å². The summed E-state index contributed by atoms with van der Waals surface area (Å²) in [5.41, 5.74) is 0.206.